The summed E-state index contributed by atoms with van der Waals surface area (Å²) in [6.07, 6.45) is 5.52. The maximum atomic E-state index is 12.0. The van der Waals surface area contributed by atoms with Gasteiger partial charge in [-0.05, 0) is 61.4 Å². The molecule has 0 unspecified atom stereocenters. The molecule has 1 heterocycles. The molecule has 1 saturated heterocycles. The van der Waals surface area contributed by atoms with E-state index < -0.39 is 0 Å². The topological polar surface area (TPSA) is 32.3 Å². The highest BCUT2D eigenvalue weighted by Gasteiger charge is 2.10. The third kappa shape index (κ3) is 7.39. The van der Waals surface area contributed by atoms with Crippen LogP contribution in [0.5, 0.6) is 0 Å². The summed E-state index contributed by atoms with van der Waals surface area (Å²) < 4.78 is 0. The van der Waals surface area contributed by atoms with E-state index in [0.29, 0.717) is 13.0 Å². The second-order valence-electron chi connectivity index (χ2n) is 7.20. The van der Waals surface area contributed by atoms with E-state index in [2.05, 4.69) is 46.6 Å². The summed E-state index contributed by atoms with van der Waals surface area (Å²) in [6, 6.07) is 19.0. The quantitative estimate of drug-likeness (QED) is 0.496. The fourth-order valence-electron chi connectivity index (χ4n) is 3.37. The Labute approximate surface area is 167 Å². The fraction of sp³-hybridized carbons (Fsp3) is 0.435. The molecule has 4 heteroatoms. The molecular weight excluding hydrogens is 352 g/mol. The zero-order valence-corrected chi connectivity index (χ0v) is 16.8. The van der Waals surface area contributed by atoms with Gasteiger partial charge in [-0.3, -0.25) is 9.69 Å². The van der Waals surface area contributed by atoms with E-state index >= 15 is 0 Å². The lowest BCUT2D eigenvalue weighted by Crippen LogP contribution is -2.29. The van der Waals surface area contributed by atoms with Crippen LogP contribution in [0.4, 0.5) is 0 Å². The van der Waals surface area contributed by atoms with Gasteiger partial charge in [-0.15, -0.1) is 11.8 Å². The molecule has 0 aliphatic carbocycles. The molecule has 1 aliphatic rings. The number of thioether (sulfide) groups is 1. The van der Waals surface area contributed by atoms with Gasteiger partial charge in [-0.2, -0.15) is 0 Å². The highest BCUT2D eigenvalue weighted by molar-refractivity contribution is 7.99. The van der Waals surface area contributed by atoms with Crippen LogP contribution >= 0.6 is 11.8 Å². The summed E-state index contributed by atoms with van der Waals surface area (Å²) >= 11 is 1.81. The number of benzene rings is 2. The molecule has 3 rings (SSSR count). The molecule has 1 amide bonds. The van der Waals surface area contributed by atoms with E-state index in [-0.39, 0.29) is 5.91 Å². The van der Waals surface area contributed by atoms with Gasteiger partial charge in [0, 0.05) is 24.4 Å². The van der Waals surface area contributed by atoms with Crippen molar-refractivity contribution in [1.82, 2.24) is 10.2 Å². The lowest BCUT2D eigenvalue weighted by Gasteiger charge is -2.26. The molecule has 1 fully saturated rings. The molecule has 0 bridgehead atoms. The SMILES string of the molecule is O=C(CCCSc1ccccc1)NCc1ccc(CN2CCCCC2)cc1. The van der Waals surface area contributed by atoms with Crippen LogP contribution in [0.25, 0.3) is 0 Å². The molecule has 0 spiro atoms. The van der Waals surface area contributed by atoms with Crippen LogP contribution < -0.4 is 5.32 Å². The Morgan fingerprint density at radius 2 is 1.63 bits per heavy atom. The van der Waals surface area contributed by atoms with Gasteiger partial charge in [0.25, 0.3) is 0 Å². The van der Waals surface area contributed by atoms with Gasteiger partial charge in [0.2, 0.25) is 5.91 Å². The Kier molecular flexibility index (Phi) is 8.25. The van der Waals surface area contributed by atoms with Gasteiger partial charge >= 0.3 is 0 Å². The van der Waals surface area contributed by atoms with E-state index in [9.17, 15) is 4.79 Å². The number of carbonyl (C=O) groups is 1. The number of carbonyl (C=O) groups excluding carboxylic acids is 1. The summed E-state index contributed by atoms with van der Waals surface area (Å²) in [5.41, 5.74) is 2.54. The second kappa shape index (κ2) is 11.2. The lowest BCUT2D eigenvalue weighted by molar-refractivity contribution is -0.121. The summed E-state index contributed by atoms with van der Waals surface area (Å²) in [5, 5.41) is 3.04. The van der Waals surface area contributed by atoms with Gasteiger partial charge < -0.3 is 5.32 Å². The smallest absolute Gasteiger partial charge is 0.220 e. The summed E-state index contributed by atoms with van der Waals surface area (Å²) in [7, 11) is 0. The Morgan fingerprint density at radius 1 is 0.926 bits per heavy atom. The minimum absolute atomic E-state index is 0.140. The zero-order chi connectivity index (χ0) is 18.7. The number of piperidine rings is 1. The lowest BCUT2D eigenvalue weighted by atomic mass is 10.1. The molecule has 0 atom stereocenters. The third-order valence-electron chi connectivity index (χ3n) is 4.93. The van der Waals surface area contributed by atoms with Crippen molar-refractivity contribution in [1.29, 1.82) is 0 Å². The number of nitrogens with one attached hydrogen (secondary N) is 1. The highest BCUT2D eigenvalue weighted by Crippen LogP contribution is 2.18. The minimum atomic E-state index is 0.140. The first-order valence-corrected chi connectivity index (χ1v) is 11.0. The number of likely N-dealkylation sites (tertiary alicyclic amines) is 1. The standard InChI is InChI=1S/C23H30N2OS/c26-23(10-7-17-27-22-8-3-1-4-9-22)24-18-20-11-13-21(14-12-20)19-25-15-5-2-6-16-25/h1,3-4,8-9,11-14H,2,5-7,10,15-19H2,(H,24,26). The van der Waals surface area contributed by atoms with Crippen molar-refractivity contribution in [2.75, 3.05) is 18.8 Å². The van der Waals surface area contributed by atoms with Gasteiger partial charge in [-0.1, -0.05) is 48.9 Å². The molecule has 2 aromatic carbocycles. The Balaban J connectivity index is 1.31. The Bertz CT molecular complexity index is 681. The third-order valence-corrected chi connectivity index (χ3v) is 6.03. The van der Waals surface area contributed by atoms with E-state index in [0.717, 1.165) is 18.7 Å². The normalized spacial score (nSPS) is 14.8. The predicted octanol–water partition coefficient (Wildman–Crippen LogP) is 4.86. The van der Waals surface area contributed by atoms with E-state index in [1.54, 1.807) is 0 Å². The first-order chi connectivity index (χ1) is 13.3. The van der Waals surface area contributed by atoms with Crippen molar-refractivity contribution in [2.45, 2.75) is 50.1 Å². The minimum Gasteiger partial charge on any atom is -0.352 e. The van der Waals surface area contributed by atoms with Gasteiger partial charge in [0.15, 0.2) is 0 Å². The molecule has 2 aromatic rings. The van der Waals surface area contributed by atoms with Crippen LogP contribution in [-0.2, 0) is 17.9 Å². The number of rotatable bonds is 9. The van der Waals surface area contributed by atoms with Gasteiger partial charge in [0.05, 0.1) is 0 Å². The molecule has 1 aliphatic heterocycles. The zero-order valence-electron chi connectivity index (χ0n) is 16.0. The van der Waals surface area contributed by atoms with Crippen molar-refractivity contribution >= 4 is 17.7 Å². The summed E-state index contributed by atoms with van der Waals surface area (Å²) in [5.74, 6) is 1.11. The molecule has 0 radical (unpaired) electrons. The molecule has 27 heavy (non-hydrogen) atoms. The molecule has 144 valence electrons. The highest BCUT2D eigenvalue weighted by atomic mass is 32.2. The predicted molar refractivity (Wildman–Crippen MR) is 114 cm³/mol. The van der Waals surface area contributed by atoms with Crippen molar-refractivity contribution < 1.29 is 4.79 Å². The Morgan fingerprint density at radius 3 is 2.37 bits per heavy atom. The number of nitrogens with zero attached hydrogens (tertiary/aromatic N) is 1. The molecule has 3 nitrogen and oxygen atoms in total. The van der Waals surface area contributed by atoms with Crippen molar-refractivity contribution in [3.05, 3.63) is 65.7 Å². The number of amides is 1. The van der Waals surface area contributed by atoms with E-state index in [1.165, 1.54) is 48.4 Å². The molecule has 0 aromatic heterocycles. The van der Waals surface area contributed by atoms with Crippen LogP contribution in [0.3, 0.4) is 0 Å². The van der Waals surface area contributed by atoms with E-state index in [4.69, 9.17) is 0 Å². The average molecular weight is 383 g/mol. The van der Waals surface area contributed by atoms with Gasteiger partial charge in [-0.25, -0.2) is 0 Å². The number of hydrogen-bond donors (Lipinski definition) is 1. The van der Waals surface area contributed by atoms with Crippen molar-refractivity contribution in [2.24, 2.45) is 0 Å². The monoisotopic (exact) mass is 382 g/mol. The second-order valence-corrected chi connectivity index (χ2v) is 8.36. The molecular formula is C23H30N2OS. The van der Waals surface area contributed by atoms with Crippen LogP contribution in [0.15, 0.2) is 59.5 Å². The average Bonchev–Trinajstić information content (AvgIpc) is 2.72. The first kappa shape index (κ1) is 20.0. The van der Waals surface area contributed by atoms with Crippen LogP contribution in [0.1, 0.15) is 43.2 Å². The van der Waals surface area contributed by atoms with E-state index in [1.807, 2.05) is 30.0 Å². The maximum Gasteiger partial charge on any atom is 0.220 e. The maximum absolute atomic E-state index is 12.0. The first-order valence-electron chi connectivity index (χ1n) is 10.0. The van der Waals surface area contributed by atoms with Crippen molar-refractivity contribution in [3.8, 4) is 0 Å². The molecule has 0 saturated carbocycles. The summed E-state index contributed by atoms with van der Waals surface area (Å²) in [6.45, 7) is 4.11. The Hall–Kier alpha value is -1.78. The number of hydrogen-bond acceptors (Lipinski definition) is 3. The summed E-state index contributed by atoms with van der Waals surface area (Å²) in [4.78, 5) is 15.8. The van der Waals surface area contributed by atoms with Crippen LogP contribution in [-0.4, -0.2) is 29.6 Å². The van der Waals surface area contributed by atoms with Crippen LogP contribution in [0, 0.1) is 0 Å². The van der Waals surface area contributed by atoms with Gasteiger partial charge in [0.1, 0.15) is 0 Å². The largest absolute Gasteiger partial charge is 0.352 e. The van der Waals surface area contributed by atoms with Crippen molar-refractivity contribution in [3.63, 3.8) is 0 Å². The fourth-order valence-corrected chi connectivity index (χ4v) is 4.24. The van der Waals surface area contributed by atoms with Crippen LogP contribution in [0.2, 0.25) is 0 Å². The molecule has 1 N–H and O–H groups in total.